The van der Waals surface area contributed by atoms with Crippen LogP contribution in [0.4, 0.5) is 8.78 Å². The standard InChI is InChI=1S/C40H57F2N7O7S/c1-27(51)47-34(12-8-9-16-43)39(54)46-18-21-57(55,56)20-17-45-38(53)33(44)15-19-49(36(52)26-50)37(40(2,3)4)35-22-29(31-23-30(41)13-14-32(31)42)25-48(35)24-28-10-6-5-7-11-28/h5-7,10-11,13-14,22-23,25,33-34,37,50H,8-9,12,15-21,24,26,43-44H2,1-4H3,(H,45,53)(H,46,54)(H,47,51)/t33-,34-,37-/m0/s1. The maximum Gasteiger partial charge on any atom is 0.248 e. The summed E-state index contributed by atoms with van der Waals surface area (Å²) >= 11 is 0. The highest BCUT2D eigenvalue weighted by Gasteiger charge is 2.37. The summed E-state index contributed by atoms with van der Waals surface area (Å²) in [6.07, 6.45) is 3.25. The molecule has 2 aromatic carbocycles. The van der Waals surface area contributed by atoms with Crippen LogP contribution in [-0.4, -0.2) is 103 Å². The molecule has 8 N–H and O–H groups in total. The van der Waals surface area contributed by atoms with Crippen molar-refractivity contribution in [2.75, 3.05) is 44.3 Å². The van der Waals surface area contributed by atoms with Crippen molar-refractivity contribution in [3.63, 3.8) is 0 Å². The molecule has 0 spiro atoms. The minimum atomic E-state index is -3.72. The second-order valence-corrected chi connectivity index (χ2v) is 17.4. The Balaban J connectivity index is 1.72. The number of amides is 4. The summed E-state index contributed by atoms with van der Waals surface area (Å²) in [5, 5.41) is 17.7. The highest BCUT2D eigenvalue weighted by molar-refractivity contribution is 7.91. The maximum absolute atomic E-state index is 15.0. The Labute approximate surface area is 333 Å². The van der Waals surface area contributed by atoms with Crippen LogP contribution in [0.5, 0.6) is 0 Å². The fourth-order valence-corrected chi connectivity index (χ4v) is 7.56. The molecule has 3 rings (SSSR count). The van der Waals surface area contributed by atoms with Gasteiger partial charge >= 0.3 is 0 Å². The summed E-state index contributed by atoms with van der Waals surface area (Å²) in [5.41, 5.74) is 12.9. The van der Waals surface area contributed by atoms with Crippen LogP contribution in [0.3, 0.4) is 0 Å². The summed E-state index contributed by atoms with van der Waals surface area (Å²) in [6.45, 7) is 6.33. The highest BCUT2D eigenvalue weighted by Crippen LogP contribution is 2.41. The van der Waals surface area contributed by atoms with Gasteiger partial charge in [-0.1, -0.05) is 51.1 Å². The number of benzene rings is 2. The molecule has 0 bridgehead atoms. The smallest absolute Gasteiger partial charge is 0.248 e. The van der Waals surface area contributed by atoms with E-state index in [2.05, 4.69) is 16.0 Å². The van der Waals surface area contributed by atoms with Crippen LogP contribution in [0.1, 0.15) is 70.7 Å². The Hall–Kier alpha value is -4.71. The summed E-state index contributed by atoms with van der Waals surface area (Å²) in [6, 6.07) is 11.6. The van der Waals surface area contributed by atoms with Crippen LogP contribution in [0.25, 0.3) is 11.1 Å². The second kappa shape index (κ2) is 21.7. The number of hydrogen-bond donors (Lipinski definition) is 6. The number of nitrogens with two attached hydrogens (primary N) is 2. The molecule has 1 heterocycles. The molecule has 4 amide bonds. The SMILES string of the molecule is CC(=O)N[C@@H](CCCCN)C(=O)NCCS(=O)(=O)CCNC(=O)[C@@H](N)CCN(C(=O)CO)[C@@H](c1cc(-c2cc(F)ccc2F)cn1Cc1ccccc1)C(C)(C)C. The third-order valence-corrected chi connectivity index (χ3v) is 11.0. The van der Waals surface area contributed by atoms with E-state index >= 15 is 4.39 Å². The molecular formula is C40H57F2N7O7S. The Morgan fingerprint density at radius 2 is 1.58 bits per heavy atom. The van der Waals surface area contributed by atoms with Crippen molar-refractivity contribution in [1.82, 2.24) is 25.4 Å². The van der Waals surface area contributed by atoms with Crippen LogP contribution in [0.15, 0.2) is 60.8 Å². The zero-order valence-electron chi connectivity index (χ0n) is 33.1. The van der Waals surface area contributed by atoms with E-state index in [1.54, 1.807) is 12.3 Å². The lowest BCUT2D eigenvalue weighted by Gasteiger charge is -2.41. The Morgan fingerprint density at radius 1 is 0.930 bits per heavy atom. The lowest BCUT2D eigenvalue weighted by Crippen LogP contribution is -2.48. The molecule has 3 atom stereocenters. The lowest BCUT2D eigenvalue weighted by molar-refractivity contribution is -0.140. The van der Waals surface area contributed by atoms with Crippen LogP contribution in [0, 0.1) is 17.0 Å². The second-order valence-electron chi connectivity index (χ2n) is 15.1. The Bertz CT molecular complexity index is 1920. The number of nitrogens with zero attached hydrogens (tertiary/aromatic N) is 2. The average Bonchev–Trinajstić information content (AvgIpc) is 3.54. The number of carbonyl (C=O) groups excluding carboxylic acids is 4. The van der Waals surface area contributed by atoms with Crippen molar-refractivity contribution in [3.8, 4) is 11.1 Å². The first-order chi connectivity index (χ1) is 26.9. The molecule has 314 valence electrons. The molecule has 1 aromatic heterocycles. The first-order valence-electron chi connectivity index (χ1n) is 18.9. The fourth-order valence-electron chi connectivity index (χ4n) is 6.53. The maximum atomic E-state index is 15.0. The van der Waals surface area contributed by atoms with Crippen molar-refractivity contribution >= 4 is 33.5 Å². The summed E-state index contributed by atoms with van der Waals surface area (Å²) in [5.74, 6) is -4.29. The third-order valence-electron chi connectivity index (χ3n) is 9.32. The normalized spacial score (nSPS) is 13.4. The van der Waals surface area contributed by atoms with Gasteiger partial charge in [0.05, 0.1) is 23.6 Å². The number of aromatic nitrogens is 1. The number of nitrogens with one attached hydrogen (secondary N) is 3. The third kappa shape index (κ3) is 14.6. The molecular weight excluding hydrogens is 761 g/mol. The van der Waals surface area contributed by atoms with E-state index in [4.69, 9.17) is 11.5 Å². The monoisotopic (exact) mass is 817 g/mol. The quantitative estimate of drug-likeness (QED) is 0.0820. The number of hydrogen-bond acceptors (Lipinski definition) is 9. The predicted molar refractivity (Wildman–Crippen MR) is 214 cm³/mol. The van der Waals surface area contributed by atoms with Crippen LogP contribution in [0.2, 0.25) is 0 Å². The number of carbonyl (C=O) groups is 4. The molecule has 0 radical (unpaired) electrons. The van der Waals surface area contributed by atoms with Gasteiger partial charge in [-0.15, -0.1) is 0 Å². The van der Waals surface area contributed by atoms with Crippen molar-refractivity contribution in [2.45, 2.75) is 78.0 Å². The zero-order valence-corrected chi connectivity index (χ0v) is 33.9. The molecule has 0 aliphatic carbocycles. The van der Waals surface area contributed by atoms with Crippen molar-refractivity contribution in [2.24, 2.45) is 16.9 Å². The largest absolute Gasteiger partial charge is 0.387 e. The van der Waals surface area contributed by atoms with Crippen LogP contribution in [-0.2, 0) is 35.6 Å². The van der Waals surface area contributed by atoms with Crippen LogP contribution < -0.4 is 27.4 Å². The molecule has 57 heavy (non-hydrogen) atoms. The Kier molecular flexibility index (Phi) is 17.8. The van der Waals surface area contributed by atoms with E-state index in [1.807, 2.05) is 55.7 Å². The number of aliphatic hydroxyl groups is 1. The first-order valence-corrected chi connectivity index (χ1v) is 20.8. The fraction of sp³-hybridized carbons (Fsp3) is 0.500. The molecule has 0 saturated heterocycles. The molecule has 0 fully saturated rings. The van der Waals surface area contributed by atoms with Gasteiger partial charge < -0.3 is 42.0 Å². The molecule has 0 saturated carbocycles. The summed E-state index contributed by atoms with van der Waals surface area (Å²) in [4.78, 5) is 52.0. The van der Waals surface area contributed by atoms with Gasteiger partial charge in [0.25, 0.3) is 0 Å². The number of aliphatic hydroxyl groups excluding tert-OH is 1. The van der Waals surface area contributed by atoms with Gasteiger partial charge in [0, 0.05) is 56.1 Å². The molecule has 17 heteroatoms. The first kappa shape index (κ1) is 46.7. The highest BCUT2D eigenvalue weighted by atomic mass is 32.2. The minimum Gasteiger partial charge on any atom is -0.387 e. The number of halogens is 2. The molecule has 0 unspecified atom stereocenters. The van der Waals surface area contributed by atoms with Crippen LogP contribution >= 0.6 is 0 Å². The van der Waals surface area contributed by atoms with E-state index in [0.29, 0.717) is 43.6 Å². The molecule has 0 aliphatic rings. The van der Waals surface area contributed by atoms with Gasteiger partial charge in [-0.25, -0.2) is 17.2 Å². The van der Waals surface area contributed by atoms with Crippen molar-refractivity contribution in [1.29, 1.82) is 0 Å². The molecule has 3 aromatic rings. The topological polar surface area (TPSA) is 219 Å². The van der Waals surface area contributed by atoms with E-state index in [0.717, 1.165) is 23.8 Å². The van der Waals surface area contributed by atoms with Gasteiger partial charge in [0.15, 0.2) is 9.84 Å². The minimum absolute atomic E-state index is 0.0332. The van der Waals surface area contributed by atoms with Gasteiger partial charge in [-0.3, -0.25) is 19.2 Å². The molecule has 14 nitrogen and oxygen atoms in total. The van der Waals surface area contributed by atoms with Gasteiger partial charge in [0.1, 0.15) is 24.3 Å². The predicted octanol–water partition coefficient (Wildman–Crippen LogP) is 2.39. The van der Waals surface area contributed by atoms with Gasteiger partial charge in [-0.05, 0) is 67.5 Å². The lowest BCUT2D eigenvalue weighted by atomic mass is 9.82. The summed E-state index contributed by atoms with van der Waals surface area (Å²) in [7, 11) is -3.72. The molecule has 0 aliphatic heterocycles. The van der Waals surface area contributed by atoms with Crippen molar-refractivity contribution < 1.29 is 41.5 Å². The number of rotatable bonds is 22. The summed E-state index contributed by atoms with van der Waals surface area (Å²) < 4.78 is 56.6. The number of unbranched alkanes of at least 4 members (excludes halogenated alkanes) is 1. The van der Waals surface area contributed by atoms with Gasteiger partial charge in [0.2, 0.25) is 23.6 Å². The number of sulfone groups is 1. The van der Waals surface area contributed by atoms with Gasteiger partial charge in [-0.2, -0.15) is 0 Å². The van der Waals surface area contributed by atoms with E-state index in [-0.39, 0.29) is 31.6 Å². The average molecular weight is 818 g/mol. The van der Waals surface area contributed by atoms with E-state index in [9.17, 15) is 37.1 Å². The van der Waals surface area contributed by atoms with E-state index < -0.39 is 86.8 Å². The van der Waals surface area contributed by atoms with Crippen molar-refractivity contribution in [3.05, 3.63) is 83.7 Å². The van der Waals surface area contributed by atoms with E-state index in [1.165, 1.54) is 11.8 Å². The zero-order chi connectivity index (χ0) is 42.3. The Morgan fingerprint density at radius 3 is 2.18 bits per heavy atom.